The number of benzene rings is 1. The van der Waals surface area contributed by atoms with Gasteiger partial charge in [-0.25, -0.2) is 0 Å². The van der Waals surface area contributed by atoms with Gasteiger partial charge in [-0.2, -0.15) is 0 Å². The predicted molar refractivity (Wildman–Crippen MR) is 64.8 cm³/mol. The molecule has 0 unspecified atom stereocenters. The fourth-order valence-electron chi connectivity index (χ4n) is 1.09. The van der Waals surface area contributed by atoms with Crippen molar-refractivity contribution in [1.29, 1.82) is 0 Å². The van der Waals surface area contributed by atoms with Crippen molar-refractivity contribution in [2.45, 2.75) is 13.3 Å². The second kappa shape index (κ2) is 7.82. The molecule has 1 aromatic carbocycles. The topological polar surface area (TPSA) is 61.5 Å². The van der Waals surface area contributed by atoms with E-state index in [-0.39, 0.29) is 24.8 Å². The molecule has 0 aromatic heterocycles. The van der Waals surface area contributed by atoms with E-state index in [4.69, 9.17) is 15.2 Å². The lowest BCUT2D eigenvalue weighted by Crippen LogP contribution is -2.09. The molecule has 0 saturated carbocycles. The molecular weight excluding hydrogens is 230 g/mol. The highest BCUT2D eigenvalue weighted by Gasteiger charge is 2.01. The molecule has 0 atom stereocenters. The molecule has 0 aliphatic rings. The first-order chi connectivity index (χ1) is 7.22. The van der Waals surface area contributed by atoms with E-state index in [1.54, 1.807) is 31.2 Å². The maximum atomic E-state index is 11.0. The Bertz CT molecular complexity index is 331. The van der Waals surface area contributed by atoms with E-state index in [9.17, 15) is 4.79 Å². The third kappa shape index (κ3) is 5.46. The van der Waals surface area contributed by atoms with Gasteiger partial charge in [0, 0.05) is 11.8 Å². The zero-order valence-corrected chi connectivity index (χ0v) is 9.96. The number of anilines is 1. The van der Waals surface area contributed by atoms with Crippen LogP contribution in [0.2, 0.25) is 0 Å². The van der Waals surface area contributed by atoms with Gasteiger partial charge in [0.25, 0.3) is 0 Å². The lowest BCUT2D eigenvalue weighted by atomic mass is 10.3. The summed E-state index contributed by atoms with van der Waals surface area (Å²) in [6.45, 7) is 2.48. The molecule has 0 amide bonds. The van der Waals surface area contributed by atoms with Crippen molar-refractivity contribution in [2.24, 2.45) is 0 Å². The van der Waals surface area contributed by atoms with Crippen LogP contribution in [0.3, 0.4) is 0 Å². The second-order valence-corrected chi connectivity index (χ2v) is 2.98. The summed E-state index contributed by atoms with van der Waals surface area (Å²) >= 11 is 0. The van der Waals surface area contributed by atoms with Crippen molar-refractivity contribution in [1.82, 2.24) is 0 Å². The first kappa shape index (κ1) is 14.6. The zero-order chi connectivity index (χ0) is 11.1. The van der Waals surface area contributed by atoms with E-state index < -0.39 is 0 Å². The maximum absolute atomic E-state index is 11.0. The Kier molecular flexibility index (Phi) is 7.12. The third-order valence-electron chi connectivity index (χ3n) is 1.74. The molecule has 0 spiro atoms. The lowest BCUT2D eigenvalue weighted by Gasteiger charge is -2.06. The molecule has 4 nitrogen and oxygen atoms in total. The van der Waals surface area contributed by atoms with E-state index >= 15 is 0 Å². The van der Waals surface area contributed by atoms with Crippen molar-refractivity contribution in [3.8, 4) is 5.75 Å². The van der Waals surface area contributed by atoms with Crippen LogP contribution in [0.5, 0.6) is 5.75 Å². The summed E-state index contributed by atoms with van der Waals surface area (Å²) in [4.78, 5) is 11.0. The van der Waals surface area contributed by atoms with Crippen molar-refractivity contribution >= 4 is 24.1 Å². The van der Waals surface area contributed by atoms with E-state index in [1.807, 2.05) is 0 Å². The Hall–Kier alpha value is -1.42. The standard InChI is InChI=1S/C11H15NO3.ClH/c1-2-14-11(13)6-7-15-10-5-3-4-9(12)8-10;/h3-5,8H,2,6-7,12H2,1H3;1H. The molecule has 1 aromatic rings. The van der Waals surface area contributed by atoms with Gasteiger partial charge in [-0.05, 0) is 19.1 Å². The molecule has 0 saturated heterocycles. The summed E-state index contributed by atoms with van der Waals surface area (Å²) in [6.07, 6.45) is 0.253. The molecular formula is C11H16ClNO3. The predicted octanol–water partition coefficient (Wildman–Crippen LogP) is 2.02. The molecule has 0 aliphatic carbocycles. The van der Waals surface area contributed by atoms with Gasteiger partial charge >= 0.3 is 5.97 Å². The Morgan fingerprint density at radius 2 is 2.19 bits per heavy atom. The van der Waals surface area contributed by atoms with Gasteiger partial charge in [0.1, 0.15) is 5.75 Å². The van der Waals surface area contributed by atoms with Crippen LogP contribution >= 0.6 is 12.4 Å². The summed E-state index contributed by atoms with van der Waals surface area (Å²) in [5.41, 5.74) is 6.21. The molecule has 0 heterocycles. The summed E-state index contributed by atoms with van der Waals surface area (Å²) in [5.74, 6) is 0.417. The minimum absolute atomic E-state index is 0. The number of nitrogen functional groups attached to an aromatic ring is 1. The molecule has 5 heteroatoms. The molecule has 0 radical (unpaired) electrons. The number of carbonyl (C=O) groups excluding carboxylic acids is 1. The normalized spacial score (nSPS) is 9.06. The van der Waals surface area contributed by atoms with Crippen LogP contribution in [0.1, 0.15) is 13.3 Å². The minimum Gasteiger partial charge on any atom is -0.493 e. The highest BCUT2D eigenvalue weighted by molar-refractivity contribution is 5.85. The summed E-state index contributed by atoms with van der Waals surface area (Å²) in [5, 5.41) is 0. The van der Waals surface area contributed by atoms with Crippen molar-refractivity contribution < 1.29 is 14.3 Å². The second-order valence-electron chi connectivity index (χ2n) is 2.98. The van der Waals surface area contributed by atoms with E-state index in [0.29, 0.717) is 24.7 Å². The van der Waals surface area contributed by atoms with Crippen molar-refractivity contribution in [3.63, 3.8) is 0 Å². The van der Waals surface area contributed by atoms with Crippen molar-refractivity contribution in [3.05, 3.63) is 24.3 Å². The Morgan fingerprint density at radius 1 is 1.44 bits per heavy atom. The van der Waals surface area contributed by atoms with Crippen LogP contribution in [0.4, 0.5) is 5.69 Å². The summed E-state index contributed by atoms with van der Waals surface area (Å²) in [7, 11) is 0. The molecule has 2 N–H and O–H groups in total. The number of rotatable bonds is 5. The fraction of sp³-hybridized carbons (Fsp3) is 0.364. The quantitative estimate of drug-likeness (QED) is 0.637. The fourth-order valence-corrected chi connectivity index (χ4v) is 1.09. The van der Waals surface area contributed by atoms with Gasteiger partial charge in [-0.15, -0.1) is 12.4 Å². The average molecular weight is 246 g/mol. The first-order valence-corrected chi connectivity index (χ1v) is 4.86. The zero-order valence-electron chi connectivity index (χ0n) is 9.14. The minimum atomic E-state index is -0.249. The molecule has 16 heavy (non-hydrogen) atoms. The Morgan fingerprint density at radius 3 is 2.81 bits per heavy atom. The van der Waals surface area contributed by atoms with Gasteiger partial charge < -0.3 is 15.2 Å². The van der Waals surface area contributed by atoms with Crippen molar-refractivity contribution in [2.75, 3.05) is 18.9 Å². The highest BCUT2D eigenvalue weighted by Crippen LogP contribution is 2.14. The lowest BCUT2D eigenvalue weighted by molar-refractivity contribution is -0.143. The third-order valence-corrected chi connectivity index (χ3v) is 1.74. The molecule has 0 bridgehead atoms. The van der Waals surface area contributed by atoms with Crippen LogP contribution in [-0.2, 0) is 9.53 Å². The van der Waals surface area contributed by atoms with Crippen LogP contribution in [-0.4, -0.2) is 19.2 Å². The maximum Gasteiger partial charge on any atom is 0.309 e. The molecule has 0 fully saturated rings. The van der Waals surface area contributed by atoms with Gasteiger partial charge in [0.2, 0.25) is 0 Å². The number of carbonyl (C=O) groups is 1. The number of halogens is 1. The van der Waals surface area contributed by atoms with Gasteiger partial charge in [0.15, 0.2) is 0 Å². The Labute approximate surface area is 101 Å². The van der Waals surface area contributed by atoms with E-state index in [0.717, 1.165) is 0 Å². The molecule has 0 aliphatic heterocycles. The van der Waals surface area contributed by atoms with Gasteiger partial charge in [-0.1, -0.05) is 6.07 Å². The molecule has 1 rings (SSSR count). The number of ether oxygens (including phenoxy) is 2. The number of nitrogens with two attached hydrogens (primary N) is 1. The summed E-state index contributed by atoms with van der Waals surface area (Å²) in [6, 6.07) is 7.08. The first-order valence-electron chi connectivity index (χ1n) is 4.86. The molecule has 90 valence electrons. The summed E-state index contributed by atoms with van der Waals surface area (Å²) < 4.78 is 10.1. The average Bonchev–Trinajstić information content (AvgIpc) is 2.18. The number of esters is 1. The highest BCUT2D eigenvalue weighted by atomic mass is 35.5. The SMILES string of the molecule is CCOC(=O)CCOc1cccc(N)c1.Cl. The van der Waals surface area contributed by atoms with E-state index in [2.05, 4.69) is 0 Å². The van der Waals surface area contributed by atoms with Crippen LogP contribution in [0.25, 0.3) is 0 Å². The Balaban J connectivity index is 0.00000225. The van der Waals surface area contributed by atoms with Gasteiger partial charge in [0.05, 0.1) is 19.6 Å². The van der Waals surface area contributed by atoms with E-state index in [1.165, 1.54) is 0 Å². The van der Waals surface area contributed by atoms with Crippen LogP contribution in [0, 0.1) is 0 Å². The number of hydrogen-bond donors (Lipinski definition) is 1. The van der Waals surface area contributed by atoms with Crippen LogP contribution in [0.15, 0.2) is 24.3 Å². The largest absolute Gasteiger partial charge is 0.493 e. The van der Waals surface area contributed by atoms with Gasteiger partial charge in [-0.3, -0.25) is 4.79 Å². The van der Waals surface area contributed by atoms with Crippen LogP contribution < -0.4 is 10.5 Å². The monoisotopic (exact) mass is 245 g/mol. The number of hydrogen-bond acceptors (Lipinski definition) is 4. The smallest absolute Gasteiger partial charge is 0.309 e.